The zero-order valence-electron chi connectivity index (χ0n) is 56.7. The molecule has 0 aromatic heterocycles. The van der Waals surface area contributed by atoms with Crippen LogP contribution in [-0.4, -0.2) is 189 Å². The van der Waals surface area contributed by atoms with Crippen LogP contribution >= 0.6 is 11.8 Å². The van der Waals surface area contributed by atoms with E-state index in [1.54, 1.807) is 37.3 Å². The zero-order valence-corrected chi connectivity index (χ0v) is 57.5. The molecular weight excluding hydrogens is 1340 g/mol. The van der Waals surface area contributed by atoms with E-state index < -0.39 is 145 Å². The highest BCUT2D eigenvalue weighted by Gasteiger charge is 2.37. The van der Waals surface area contributed by atoms with Crippen LogP contribution in [-0.2, 0) is 76.7 Å². The van der Waals surface area contributed by atoms with Crippen LogP contribution in [0.5, 0.6) is 11.5 Å². The molecule has 0 saturated carbocycles. The predicted octanol–water partition coefficient (Wildman–Crippen LogP) is 1.28. The van der Waals surface area contributed by atoms with Crippen molar-refractivity contribution in [1.29, 1.82) is 0 Å². The Balaban J connectivity index is 1.21. The van der Waals surface area contributed by atoms with Gasteiger partial charge < -0.3 is 89.6 Å². The number of aliphatic hydroxyl groups excluding tert-OH is 2. The summed E-state index contributed by atoms with van der Waals surface area (Å²) in [5, 5.41) is 73.5. The van der Waals surface area contributed by atoms with Gasteiger partial charge in [-0.3, -0.25) is 52.7 Å². The van der Waals surface area contributed by atoms with Gasteiger partial charge in [0.25, 0.3) is 0 Å². The summed E-state index contributed by atoms with van der Waals surface area (Å²) in [7, 11) is 0. The van der Waals surface area contributed by atoms with Gasteiger partial charge in [0.05, 0.1) is 31.1 Å². The Morgan fingerprint density at radius 3 is 1.42 bits per heavy atom. The molecule has 0 heterocycles. The Morgan fingerprint density at radius 1 is 0.500 bits per heavy atom. The quantitative estimate of drug-likeness (QED) is 0.0245. The number of hydrogen-bond donors (Lipinski definition) is 16. The number of aliphatic hydroxyl groups is 2. The molecule has 5 aromatic carbocycles. The van der Waals surface area contributed by atoms with Crippen LogP contribution in [0, 0.1) is 0 Å². The number of carboxylic acid groups (broad SMARTS) is 1. The second kappa shape index (κ2) is 41.5. The number of Topliss-reactive ketones (excluding diaryl/α,β-unsaturated/α-hetero) is 1. The Morgan fingerprint density at radius 2 is 0.941 bits per heavy atom. The van der Waals surface area contributed by atoms with E-state index in [1.165, 1.54) is 48.5 Å². The second-order valence-electron chi connectivity index (χ2n) is 24.5. The van der Waals surface area contributed by atoms with Crippen molar-refractivity contribution in [2.24, 2.45) is 11.5 Å². The minimum absolute atomic E-state index is 0.0109. The summed E-state index contributed by atoms with van der Waals surface area (Å²) < 4.78 is 5.75. The number of carbonyl (C=O) groups excluding carboxylic acids is 11. The van der Waals surface area contributed by atoms with Crippen LogP contribution in [0.25, 0.3) is 11.1 Å². The molecule has 0 unspecified atom stereocenters. The third kappa shape index (κ3) is 25.7. The summed E-state index contributed by atoms with van der Waals surface area (Å²) in [4.78, 5) is 165. The molecule has 5 aromatic rings. The molecule has 18 N–H and O–H groups in total. The molecular formula is C72H91N11O18S. The molecule has 9 amide bonds. The molecule has 0 fully saturated rings. The van der Waals surface area contributed by atoms with Gasteiger partial charge in [-0.05, 0) is 128 Å². The molecule has 102 heavy (non-hydrogen) atoms. The number of ketones is 1. The zero-order chi connectivity index (χ0) is 74.3. The first-order chi connectivity index (χ1) is 48.9. The van der Waals surface area contributed by atoms with E-state index in [4.69, 9.17) is 16.2 Å². The maximum atomic E-state index is 15.0. The Kier molecular flexibility index (Phi) is 32.8. The molecule has 1 aliphatic rings. The molecule has 9 atom stereocenters. The van der Waals surface area contributed by atoms with Gasteiger partial charge in [-0.15, -0.1) is 0 Å². The van der Waals surface area contributed by atoms with Gasteiger partial charge in [-0.1, -0.05) is 122 Å². The average molecular weight is 1430 g/mol. The normalized spacial score (nSPS) is 14.1. The number of phenolic OH excluding ortho intramolecular Hbond substituents is 2. The molecule has 30 heteroatoms. The number of aromatic hydroxyl groups is 2. The van der Waals surface area contributed by atoms with E-state index >= 15 is 0 Å². The number of hydrogen-bond acceptors (Lipinski definition) is 20. The highest BCUT2D eigenvalue weighted by atomic mass is 32.2. The molecule has 0 radical (unpaired) electrons. The van der Waals surface area contributed by atoms with E-state index in [-0.39, 0.29) is 80.6 Å². The molecule has 548 valence electrons. The fourth-order valence-electron chi connectivity index (χ4n) is 11.1. The summed E-state index contributed by atoms with van der Waals surface area (Å²) in [5.74, 6) is -10.5. The van der Waals surface area contributed by atoms with Crippen molar-refractivity contribution >= 4 is 82.0 Å². The van der Waals surface area contributed by atoms with Crippen LogP contribution in [0.15, 0.2) is 127 Å². The third-order valence-electron chi connectivity index (χ3n) is 16.8. The number of amides is 9. The number of rotatable bonds is 42. The minimum atomic E-state index is -1.91. The number of nitrogens with one attached hydrogen (secondary N) is 9. The lowest BCUT2D eigenvalue weighted by Gasteiger charge is -2.28. The lowest BCUT2D eigenvalue weighted by atomic mass is 9.98. The number of ether oxygens (including phenoxy) is 1. The number of alkyl carbamates (subject to hydrolysis) is 1. The van der Waals surface area contributed by atoms with Crippen molar-refractivity contribution < 1.29 is 87.8 Å². The number of fused-ring (bicyclic) bond motifs is 3. The molecule has 0 saturated heterocycles. The SMILES string of the molecule is CCC(=O)CSC(=O)[C@H](CCCCN)NC(=O)CNC(=O)[C@H](CO)NC(=O)[C@@H](NC(=O)[C@H](Cc1ccc(O)cc1)NC(=O)[C@H](Cc1ccccc1)NC(=O)[C@H](Cc1ccc(O)cc1)NC(=O)[C@H](CCC(=O)O)NC(=O)[C@H](CCCCN)NC(=O)OCC1c2ccccc2-c2ccccc21)[C@@H](C)O. The Hall–Kier alpha value is -10.3. The number of thioether (sulfide) groups is 1. The smallest absolute Gasteiger partial charge is 0.407 e. The van der Waals surface area contributed by atoms with Gasteiger partial charge in [0.1, 0.15) is 66.2 Å². The number of unbranched alkanes of at least 4 members (excludes halogenated alkanes) is 2. The van der Waals surface area contributed by atoms with Gasteiger partial charge in [0.2, 0.25) is 52.4 Å². The van der Waals surface area contributed by atoms with Gasteiger partial charge in [-0.2, -0.15) is 0 Å². The lowest BCUT2D eigenvalue weighted by molar-refractivity contribution is -0.138. The van der Waals surface area contributed by atoms with Crippen LogP contribution in [0.2, 0.25) is 0 Å². The van der Waals surface area contributed by atoms with E-state index in [0.717, 1.165) is 40.9 Å². The van der Waals surface area contributed by atoms with Gasteiger partial charge in [-0.25, -0.2) is 4.79 Å². The molecule has 1 aliphatic carbocycles. The number of carboxylic acids is 1. The first kappa shape index (κ1) is 80.7. The average Bonchev–Trinajstić information content (AvgIpc) is 1.61. The van der Waals surface area contributed by atoms with Crippen LogP contribution in [0.1, 0.15) is 105 Å². The topological polar surface area (TPSA) is 476 Å². The van der Waals surface area contributed by atoms with E-state index in [9.17, 15) is 83.1 Å². The maximum Gasteiger partial charge on any atom is 0.407 e. The number of carbonyl (C=O) groups is 12. The summed E-state index contributed by atoms with van der Waals surface area (Å²) in [6.45, 7) is 1.43. The van der Waals surface area contributed by atoms with Gasteiger partial charge >= 0.3 is 12.1 Å². The monoisotopic (exact) mass is 1430 g/mol. The number of nitrogens with two attached hydrogens (primary N) is 2. The standard InChI is InChI=1S/C72H91N11O18S/c1-3-46(86)41-102-71(99)56(22-12-14-34-74)76-61(89)38-75-64(92)60(39-84)81-70(98)63(42(2)85)83-69(97)59(37-45-25-29-48(88)30-26-45)80-67(95)57(35-43-15-5-4-6-16-43)79-68(96)58(36-44-23-27-47(87)28-24-44)78-66(94)55(31-32-62(90)91)77-65(93)54(21-11-13-33-73)82-72(100)101-40-53-51-19-9-7-17-49(51)50-18-8-10-20-52(50)53/h4-10,15-20,23-30,42,53-60,63,84-85,87-88H,3,11-14,21-22,31-41,73-74H2,1-2H3,(H,75,92)(H,76,89)(H,77,93)(H,78,94)(H,79,96)(H,80,95)(H,81,98)(H,82,100)(H,83,97)(H,90,91)/t42-,54+,55+,56+,57+,58+,59+,60+,63+/m1/s1. The fourth-order valence-corrected chi connectivity index (χ4v) is 12.0. The van der Waals surface area contributed by atoms with Crippen LogP contribution in [0.4, 0.5) is 4.79 Å². The molecule has 0 aliphatic heterocycles. The lowest BCUT2D eigenvalue weighted by Crippen LogP contribution is -2.62. The minimum Gasteiger partial charge on any atom is -0.508 e. The summed E-state index contributed by atoms with van der Waals surface area (Å²) in [6.07, 6.45) is -2.71. The van der Waals surface area contributed by atoms with Crippen molar-refractivity contribution in [2.45, 2.75) is 151 Å². The van der Waals surface area contributed by atoms with Crippen molar-refractivity contribution in [3.63, 3.8) is 0 Å². The molecule has 0 spiro atoms. The van der Waals surface area contributed by atoms with E-state index in [2.05, 4.69) is 47.9 Å². The highest BCUT2D eigenvalue weighted by Crippen LogP contribution is 2.44. The molecule has 6 rings (SSSR count). The fraction of sp³-hybridized carbons (Fsp3) is 0.417. The summed E-state index contributed by atoms with van der Waals surface area (Å²) >= 11 is 0.737. The first-order valence-corrected chi connectivity index (χ1v) is 34.6. The summed E-state index contributed by atoms with van der Waals surface area (Å²) in [6, 6.07) is 21.9. The van der Waals surface area contributed by atoms with Crippen molar-refractivity contribution in [3.8, 4) is 22.6 Å². The Bertz CT molecular complexity index is 3630. The predicted molar refractivity (Wildman–Crippen MR) is 376 cm³/mol. The Labute approximate surface area is 594 Å². The van der Waals surface area contributed by atoms with Gasteiger partial charge in [0.15, 0.2) is 0 Å². The van der Waals surface area contributed by atoms with E-state index in [1.807, 2.05) is 48.5 Å². The molecule has 29 nitrogen and oxygen atoms in total. The number of benzene rings is 5. The van der Waals surface area contributed by atoms with Crippen molar-refractivity contribution in [2.75, 3.05) is 38.6 Å². The van der Waals surface area contributed by atoms with Crippen LogP contribution in [0.3, 0.4) is 0 Å². The number of phenols is 2. The summed E-state index contributed by atoms with van der Waals surface area (Å²) in [5.41, 5.74) is 16.4. The largest absolute Gasteiger partial charge is 0.508 e. The van der Waals surface area contributed by atoms with Crippen molar-refractivity contribution in [1.82, 2.24) is 47.9 Å². The number of aliphatic carboxylic acids is 1. The second-order valence-corrected chi connectivity index (χ2v) is 25.5. The maximum absolute atomic E-state index is 15.0. The van der Waals surface area contributed by atoms with Crippen molar-refractivity contribution in [3.05, 3.63) is 155 Å². The third-order valence-corrected chi connectivity index (χ3v) is 17.8. The first-order valence-electron chi connectivity index (χ1n) is 33.6. The van der Waals surface area contributed by atoms with Gasteiger partial charge in [0, 0.05) is 38.0 Å². The molecule has 0 bridgehead atoms. The highest BCUT2D eigenvalue weighted by molar-refractivity contribution is 8.14. The van der Waals surface area contributed by atoms with E-state index in [0.29, 0.717) is 48.9 Å². The van der Waals surface area contributed by atoms with Crippen LogP contribution < -0.4 is 59.3 Å².